The molecular weight excluding hydrogens is 246 g/mol. The molecule has 1 rings (SSSR count). The summed E-state index contributed by atoms with van der Waals surface area (Å²) in [5.41, 5.74) is 0.788. The third kappa shape index (κ3) is 3.91. The van der Waals surface area contributed by atoms with E-state index in [0.717, 1.165) is 5.56 Å². The maximum atomic E-state index is 11.7. The average molecular weight is 265 g/mol. The van der Waals surface area contributed by atoms with E-state index in [4.69, 9.17) is 14.2 Å². The van der Waals surface area contributed by atoms with Crippen LogP contribution in [0.3, 0.4) is 0 Å². The van der Waals surface area contributed by atoms with Gasteiger partial charge in [0.15, 0.2) is 11.5 Å². The normalized spacial score (nSPS) is 9.63. The van der Waals surface area contributed by atoms with Gasteiger partial charge in [-0.25, -0.2) is 0 Å². The first-order chi connectivity index (χ1) is 9.15. The Morgan fingerprint density at radius 1 is 1.21 bits per heavy atom. The van der Waals surface area contributed by atoms with Crippen molar-refractivity contribution in [3.8, 4) is 17.2 Å². The van der Waals surface area contributed by atoms with E-state index in [1.165, 1.54) is 7.11 Å². The molecule has 5 heteroatoms. The first kappa shape index (κ1) is 14.9. The van der Waals surface area contributed by atoms with Gasteiger partial charge in [-0.15, -0.1) is 6.58 Å². The molecule has 0 aliphatic carbocycles. The van der Waals surface area contributed by atoms with E-state index in [1.807, 2.05) is 0 Å². The molecule has 0 spiro atoms. The molecule has 5 nitrogen and oxygen atoms in total. The predicted octanol–water partition coefficient (Wildman–Crippen LogP) is 1.56. The van der Waals surface area contributed by atoms with E-state index in [0.29, 0.717) is 23.8 Å². The highest BCUT2D eigenvalue weighted by Gasteiger charge is 2.14. The van der Waals surface area contributed by atoms with Crippen LogP contribution >= 0.6 is 0 Å². The maximum Gasteiger partial charge on any atom is 0.224 e. The number of carbonyl (C=O) groups excluding carboxylic acids is 1. The Morgan fingerprint density at radius 3 is 2.21 bits per heavy atom. The van der Waals surface area contributed by atoms with Crippen molar-refractivity contribution in [2.75, 3.05) is 27.9 Å². The zero-order valence-electron chi connectivity index (χ0n) is 11.5. The van der Waals surface area contributed by atoms with Crippen LogP contribution in [-0.4, -0.2) is 33.8 Å². The van der Waals surface area contributed by atoms with E-state index in [2.05, 4.69) is 11.9 Å². The summed E-state index contributed by atoms with van der Waals surface area (Å²) in [4.78, 5) is 11.7. The molecule has 1 aromatic rings. The quantitative estimate of drug-likeness (QED) is 0.760. The topological polar surface area (TPSA) is 56.8 Å². The predicted molar refractivity (Wildman–Crippen MR) is 73.0 cm³/mol. The lowest BCUT2D eigenvalue weighted by Crippen LogP contribution is -2.24. The maximum absolute atomic E-state index is 11.7. The summed E-state index contributed by atoms with van der Waals surface area (Å²) < 4.78 is 15.7. The SMILES string of the molecule is C=CCNC(=O)Cc1cc(OC)c(OC)c(OC)c1. The van der Waals surface area contributed by atoms with Gasteiger partial charge in [-0.3, -0.25) is 4.79 Å². The Morgan fingerprint density at radius 2 is 1.79 bits per heavy atom. The Bertz CT molecular complexity index is 432. The summed E-state index contributed by atoms with van der Waals surface area (Å²) in [6.07, 6.45) is 1.87. The number of hydrogen-bond donors (Lipinski definition) is 1. The number of hydrogen-bond acceptors (Lipinski definition) is 4. The zero-order chi connectivity index (χ0) is 14.3. The van der Waals surface area contributed by atoms with Gasteiger partial charge in [0.05, 0.1) is 27.8 Å². The van der Waals surface area contributed by atoms with E-state index >= 15 is 0 Å². The third-order valence-corrected chi connectivity index (χ3v) is 2.53. The van der Waals surface area contributed by atoms with Crippen molar-refractivity contribution in [1.82, 2.24) is 5.32 Å². The van der Waals surface area contributed by atoms with Crippen LogP contribution in [0.1, 0.15) is 5.56 Å². The highest BCUT2D eigenvalue weighted by molar-refractivity contribution is 5.79. The third-order valence-electron chi connectivity index (χ3n) is 2.53. The molecule has 1 aromatic carbocycles. The van der Waals surface area contributed by atoms with Gasteiger partial charge >= 0.3 is 0 Å². The molecule has 0 fully saturated rings. The van der Waals surface area contributed by atoms with Crippen molar-refractivity contribution in [3.63, 3.8) is 0 Å². The number of ether oxygens (including phenoxy) is 3. The highest BCUT2D eigenvalue weighted by Crippen LogP contribution is 2.38. The smallest absolute Gasteiger partial charge is 0.224 e. The second-order valence-electron chi connectivity index (χ2n) is 3.80. The summed E-state index contributed by atoms with van der Waals surface area (Å²) in [6, 6.07) is 3.52. The van der Waals surface area contributed by atoms with Gasteiger partial charge in [-0.05, 0) is 17.7 Å². The standard InChI is InChI=1S/C14H19NO4/c1-5-6-15-13(16)9-10-7-11(17-2)14(19-4)12(8-10)18-3/h5,7-8H,1,6,9H2,2-4H3,(H,15,16). The summed E-state index contributed by atoms with van der Waals surface area (Å²) in [5, 5.41) is 2.71. The van der Waals surface area contributed by atoms with Gasteiger partial charge in [-0.1, -0.05) is 6.08 Å². The zero-order valence-corrected chi connectivity index (χ0v) is 11.5. The summed E-state index contributed by atoms with van der Waals surface area (Å²) in [7, 11) is 4.62. The molecule has 0 aliphatic heterocycles. The van der Waals surface area contributed by atoms with Crippen LogP contribution in [0.5, 0.6) is 17.2 Å². The average Bonchev–Trinajstić information content (AvgIpc) is 2.43. The lowest BCUT2D eigenvalue weighted by molar-refractivity contribution is -0.120. The minimum Gasteiger partial charge on any atom is -0.493 e. The number of nitrogens with one attached hydrogen (secondary N) is 1. The Balaban J connectivity index is 2.96. The van der Waals surface area contributed by atoms with E-state index in [-0.39, 0.29) is 12.3 Å². The second-order valence-corrected chi connectivity index (χ2v) is 3.80. The number of benzene rings is 1. The molecule has 1 amide bonds. The fourth-order valence-corrected chi connectivity index (χ4v) is 1.67. The molecule has 1 N–H and O–H groups in total. The number of methoxy groups -OCH3 is 3. The van der Waals surface area contributed by atoms with E-state index in [9.17, 15) is 4.79 Å². The largest absolute Gasteiger partial charge is 0.493 e. The highest BCUT2D eigenvalue weighted by atomic mass is 16.5. The van der Waals surface area contributed by atoms with Crippen LogP contribution in [0.4, 0.5) is 0 Å². The summed E-state index contributed by atoms with van der Waals surface area (Å²) in [5.74, 6) is 1.50. The monoisotopic (exact) mass is 265 g/mol. The van der Waals surface area contributed by atoms with E-state index < -0.39 is 0 Å². The number of rotatable bonds is 7. The number of amides is 1. The van der Waals surface area contributed by atoms with Crippen molar-refractivity contribution in [1.29, 1.82) is 0 Å². The van der Waals surface area contributed by atoms with Crippen LogP contribution in [0.25, 0.3) is 0 Å². The van der Waals surface area contributed by atoms with Crippen LogP contribution in [-0.2, 0) is 11.2 Å². The molecule has 104 valence electrons. The molecule has 0 unspecified atom stereocenters. The van der Waals surface area contributed by atoms with Crippen LogP contribution < -0.4 is 19.5 Å². The molecule has 0 bridgehead atoms. The van der Waals surface area contributed by atoms with E-state index in [1.54, 1.807) is 32.4 Å². The lowest BCUT2D eigenvalue weighted by Gasteiger charge is -2.14. The first-order valence-corrected chi connectivity index (χ1v) is 5.82. The minimum atomic E-state index is -0.0887. The van der Waals surface area contributed by atoms with Crippen LogP contribution in [0.15, 0.2) is 24.8 Å². The molecule has 0 saturated carbocycles. The molecule has 0 aromatic heterocycles. The summed E-state index contributed by atoms with van der Waals surface area (Å²) >= 11 is 0. The van der Waals surface area contributed by atoms with Gasteiger partial charge in [0.1, 0.15) is 0 Å². The van der Waals surface area contributed by atoms with Gasteiger partial charge in [-0.2, -0.15) is 0 Å². The fourth-order valence-electron chi connectivity index (χ4n) is 1.67. The fraction of sp³-hybridized carbons (Fsp3) is 0.357. The van der Waals surface area contributed by atoms with Crippen LogP contribution in [0.2, 0.25) is 0 Å². The second kappa shape index (κ2) is 7.31. The number of carbonyl (C=O) groups is 1. The van der Waals surface area contributed by atoms with Crippen molar-refractivity contribution in [2.24, 2.45) is 0 Å². The van der Waals surface area contributed by atoms with Crippen molar-refractivity contribution in [3.05, 3.63) is 30.4 Å². The molecular formula is C14H19NO4. The first-order valence-electron chi connectivity index (χ1n) is 5.82. The van der Waals surface area contributed by atoms with Crippen molar-refractivity contribution in [2.45, 2.75) is 6.42 Å². The Labute approximate surface area is 113 Å². The minimum absolute atomic E-state index is 0.0887. The molecule has 0 saturated heterocycles. The molecule has 0 radical (unpaired) electrons. The molecule has 0 atom stereocenters. The van der Waals surface area contributed by atoms with Gasteiger partial charge < -0.3 is 19.5 Å². The Hall–Kier alpha value is -2.17. The molecule has 19 heavy (non-hydrogen) atoms. The van der Waals surface area contributed by atoms with Gasteiger partial charge in [0.25, 0.3) is 0 Å². The van der Waals surface area contributed by atoms with Gasteiger partial charge in [0, 0.05) is 6.54 Å². The van der Waals surface area contributed by atoms with Gasteiger partial charge in [0.2, 0.25) is 11.7 Å². The Kier molecular flexibility index (Phi) is 5.73. The molecule has 0 aliphatic rings. The summed E-state index contributed by atoms with van der Waals surface area (Å²) in [6.45, 7) is 3.99. The van der Waals surface area contributed by atoms with Crippen LogP contribution in [0, 0.1) is 0 Å². The van der Waals surface area contributed by atoms with Crippen molar-refractivity contribution < 1.29 is 19.0 Å². The van der Waals surface area contributed by atoms with Crippen molar-refractivity contribution >= 4 is 5.91 Å². The molecule has 0 heterocycles. The lowest BCUT2D eigenvalue weighted by atomic mass is 10.1.